The predicted molar refractivity (Wildman–Crippen MR) is 43.1 cm³/mol. The Labute approximate surface area is 65.7 Å². The summed E-state index contributed by atoms with van der Waals surface area (Å²) in [6, 6.07) is 9.39. The van der Waals surface area contributed by atoms with Crippen molar-refractivity contribution in [1.29, 1.82) is 0 Å². The molecule has 0 bridgehead atoms. The van der Waals surface area contributed by atoms with E-state index in [1.54, 1.807) is 0 Å². The van der Waals surface area contributed by atoms with Crippen LogP contribution in [0, 0.1) is 0 Å². The van der Waals surface area contributed by atoms with Crippen LogP contribution in [-0.2, 0) is 4.89 Å². The van der Waals surface area contributed by atoms with E-state index in [2.05, 4.69) is 11.5 Å². The van der Waals surface area contributed by atoms with E-state index in [-0.39, 0.29) is 0 Å². The lowest BCUT2D eigenvalue weighted by atomic mass is 10.1. The molecule has 1 unspecified atom stereocenters. The minimum atomic E-state index is -0.420. The third-order valence-electron chi connectivity index (χ3n) is 1.46. The van der Waals surface area contributed by atoms with Crippen LogP contribution in [0.15, 0.2) is 43.0 Å². The molecule has 2 heteroatoms. The number of rotatable bonds is 3. The first kappa shape index (κ1) is 7.98. The SMILES string of the molecule is C=CC(OO)c1ccccc1. The van der Waals surface area contributed by atoms with Gasteiger partial charge in [0, 0.05) is 0 Å². The van der Waals surface area contributed by atoms with Gasteiger partial charge in [0.25, 0.3) is 0 Å². The Morgan fingerprint density at radius 2 is 2.00 bits per heavy atom. The monoisotopic (exact) mass is 150 g/mol. The van der Waals surface area contributed by atoms with Crippen LogP contribution >= 0.6 is 0 Å². The van der Waals surface area contributed by atoms with Crippen LogP contribution in [0.5, 0.6) is 0 Å². The summed E-state index contributed by atoms with van der Waals surface area (Å²) in [5.41, 5.74) is 0.894. The molecule has 0 radical (unpaired) electrons. The van der Waals surface area contributed by atoms with Gasteiger partial charge in [-0.1, -0.05) is 36.4 Å². The van der Waals surface area contributed by atoms with Gasteiger partial charge in [0.05, 0.1) is 0 Å². The quantitative estimate of drug-likeness (QED) is 0.407. The van der Waals surface area contributed by atoms with Crippen LogP contribution in [0.4, 0.5) is 0 Å². The van der Waals surface area contributed by atoms with Gasteiger partial charge >= 0.3 is 0 Å². The molecule has 0 spiro atoms. The van der Waals surface area contributed by atoms with Gasteiger partial charge in [-0.3, -0.25) is 5.26 Å². The van der Waals surface area contributed by atoms with Gasteiger partial charge in [0.15, 0.2) is 0 Å². The van der Waals surface area contributed by atoms with Gasteiger partial charge in [0.2, 0.25) is 0 Å². The third-order valence-corrected chi connectivity index (χ3v) is 1.46. The minimum Gasteiger partial charge on any atom is -0.251 e. The fraction of sp³-hybridized carbons (Fsp3) is 0.111. The fourth-order valence-corrected chi connectivity index (χ4v) is 0.883. The molecular weight excluding hydrogens is 140 g/mol. The summed E-state index contributed by atoms with van der Waals surface area (Å²) in [6.45, 7) is 3.52. The summed E-state index contributed by atoms with van der Waals surface area (Å²) >= 11 is 0. The van der Waals surface area contributed by atoms with Crippen molar-refractivity contribution in [2.75, 3.05) is 0 Å². The molecule has 0 aliphatic carbocycles. The molecule has 0 heterocycles. The fourth-order valence-electron chi connectivity index (χ4n) is 0.883. The highest BCUT2D eigenvalue weighted by Crippen LogP contribution is 2.15. The maximum Gasteiger partial charge on any atom is 0.136 e. The van der Waals surface area contributed by atoms with Crippen LogP contribution in [0.2, 0.25) is 0 Å². The topological polar surface area (TPSA) is 29.5 Å². The van der Waals surface area contributed by atoms with Gasteiger partial charge in [-0.15, -0.1) is 6.58 Å². The maximum absolute atomic E-state index is 8.41. The van der Waals surface area contributed by atoms with E-state index >= 15 is 0 Å². The summed E-state index contributed by atoms with van der Waals surface area (Å²) in [7, 11) is 0. The molecule has 0 fully saturated rings. The predicted octanol–water partition coefficient (Wildman–Crippen LogP) is 2.40. The molecule has 1 aromatic carbocycles. The summed E-state index contributed by atoms with van der Waals surface area (Å²) < 4.78 is 0. The largest absolute Gasteiger partial charge is 0.251 e. The van der Waals surface area contributed by atoms with Gasteiger partial charge in [0.1, 0.15) is 6.10 Å². The molecule has 58 valence electrons. The highest BCUT2D eigenvalue weighted by molar-refractivity contribution is 5.20. The van der Waals surface area contributed by atoms with Crippen molar-refractivity contribution >= 4 is 0 Å². The number of hydrogen-bond donors (Lipinski definition) is 1. The molecule has 0 aliphatic rings. The third kappa shape index (κ3) is 1.90. The van der Waals surface area contributed by atoms with Crippen molar-refractivity contribution in [1.82, 2.24) is 0 Å². The lowest BCUT2D eigenvalue weighted by molar-refractivity contribution is -0.268. The molecule has 1 N–H and O–H groups in total. The summed E-state index contributed by atoms with van der Waals surface area (Å²) in [4.78, 5) is 4.17. The van der Waals surface area contributed by atoms with Crippen LogP contribution in [0.25, 0.3) is 0 Å². The van der Waals surface area contributed by atoms with E-state index < -0.39 is 6.10 Å². The number of benzene rings is 1. The smallest absolute Gasteiger partial charge is 0.136 e. The maximum atomic E-state index is 8.41. The van der Waals surface area contributed by atoms with Gasteiger partial charge < -0.3 is 0 Å². The first-order valence-corrected chi connectivity index (χ1v) is 3.36. The molecule has 1 atom stereocenters. The first-order chi connectivity index (χ1) is 5.38. The standard InChI is InChI=1S/C9H10O2/c1-2-9(11-10)8-6-4-3-5-7-8/h2-7,9-10H,1H2. The zero-order valence-electron chi connectivity index (χ0n) is 6.10. The second-order valence-electron chi connectivity index (χ2n) is 2.17. The second kappa shape index (κ2) is 3.91. The Kier molecular flexibility index (Phi) is 2.83. The van der Waals surface area contributed by atoms with E-state index in [1.165, 1.54) is 6.08 Å². The molecule has 0 saturated heterocycles. The molecule has 2 nitrogen and oxygen atoms in total. The van der Waals surface area contributed by atoms with Crippen molar-refractivity contribution in [3.63, 3.8) is 0 Å². The van der Waals surface area contributed by atoms with Crippen molar-refractivity contribution in [2.45, 2.75) is 6.10 Å². The molecule has 11 heavy (non-hydrogen) atoms. The Balaban J connectivity index is 2.82. The van der Waals surface area contributed by atoms with Crippen molar-refractivity contribution in [2.24, 2.45) is 0 Å². The normalized spacial score (nSPS) is 12.5. The van der Waals surface area contributed by atoms with Gasteiger partial charge in [-0.25, -0.2) is 4.89 Å². The molecule has 0 saturated carbocycles. The van der Waals surface area contributed by atoms with Gasteiger partial charge in [-0.2, -0.15) is 0 Å². The summed E-state index contributed by atoms with van der Waals surface area (Å²) in [5.74, 6) is 0. The first-order valence-electron chi connectivity index (χ1n) is 3.36. The summed E-state index contributed by atoms with van der Waals surface area (Å²) in [5, 5.41) is 8.41. The molecule has 0 amide bonds. The van der Waals surface area contributed by atoms with E-state index in [0.717, 1.165) is 5.56 Å². The van der Waals surface area contributed by atoms with Crippen molar-refractivity contribution < 1.29 is 10.1 Å². The zero-order valence-corrected chi connectivity index (χ0v) is 6.10. The van der Waals surface area contributed by atoms with E-state index in [1.807, 2.05) is 30.3 Å². The summed E-state index contributed by atoms with van der Waals surface area (Å²) in [6.07, 6.45) is 1.12. The second-order valence-corrected chi connectivity index (χ2v) is 2.17. The van der Waals surface area contributed by atoms with Crippen LogP contribution < -0.4 is 0 Å². The number of hydrogen-bond acceptors (Lipinski definition) is 2. The Bertz CT molecular complexity index is 218. The average Bonchev–Trinajstić information content (AvgIpc) is 2.09. The highest BCUT2D eigenvalue weighted by Gasteiger charge is 2.04. The lowest BCUT2D eigenvalue weighted by Crippen LogP contribution is -1.96. The van der Waals surface area contributed by atoms with Crippen LogP contribution in [-0.4, -0.2) is 5.26 Å². The van der Waals surface area contributed by atoms with Crippen LogP contribution in [0.3, 0.4) is 0 Å². The Hall–Kier alpha value is -1.12. The minimum absolute atomic E-state index is 0.420. The van der Waals surface area contributed by atoms with E-state index in [4.69, 9.17) is 5.26 Å². The molecule has 1 aromatic rings. The average molecular weight is 150 g/mol. The highest BCUT2D eigenvalue weighted by atomic mass is 17.1. The van der Waals surface area contributed by atoms with Crippen molar-refractivity contribution in [3.8, 4) is 0 Å². The molecule has 1 rings (SSSR count). The van der Waals surface area contributed by atoms with E-state index in [9.17, 15) is 0 Å². The Morgan fingerprint density at radius 3 is 2.45 bits per heavy atom. The Morgan fingerprint density at radius 1 is 1.36 bits per heavy atom. The molecule has 0 aliphatic heterocycles. The lowest BCUT2D eigenvalue weighted by Gasteiger charge is -2.06. The zero-order chi connectivity index (χ0) is 8.10. The molecular formula is C9H10O2. The van der Waals surface area contributed by atoms with Gasteiger partial charge in [-0.05, 0) is 5.56 Å². The molecule has 0 aromatic heterocycles. The van der Waals surface area contributed by atoms with Crippen molar-refractivity contribution in [3.05, 3.63) is 48.6 Å². The van der Waals surface area contributed by atoms with Crippen LogP contribution in [0.1, 0.15) is 11.7 Å². The van der Waals surface area contributed by atoms with E-state index in [0.29, 0.717) is 0 Å².